The first-order chi connectivity index (χ1) is 7.74. The van der Waals surface area contributed by atoms with Crippen LogP contribution in [0.1, 0.15) is 13.3 Å². The lowest BCUT2D eigenvalue weighted by molar-refractivity contribution is 0.395. The molecule has 0 fully saturated rings. The molecule has 0 amide bonds. The summed E-state index contributed by atoms with van der Waals surface area (Å²) in [4.78, 5) is 0. The van der Waals surface area contributed by atoms with E-state index in [0.29, 0.717) is 0 Å². The Labute approximate surface area is 96.8 Å². The minimum Gasteiger partial charge on any atom is -0.497 e. The van der Waals surface area contributed by atoms with Gasteiger partial charge in [0.1, 0.15) is 11.5 Å². The van der Waals surface area contributed by atoms with Gasteiger partial charge in [0.25, 0.3) is 0 Å². The predicted octanol–water partition coefficient (Wildman–Crippen LogP) is 2.53. The fourth-order valence-electron chi connectivity index (χ4n) is 1.37. The maximum atomic E-state index is 5.40. The van der Waals surface area contributed by atoms with E-state index in [-0.39, 0.29) is 6.04 Å². The Morgan fingerprint density at radius 1 is 1.38 bits per heavy atom. The third kappa shape index (κ3) is 2.83. The van der Waals surface area contributed by atoms with Gasteiger partial charge in [-0.3, -0.25) is 0 Å². The maximum absolute atomic E-state index is 5.40. The second kappa shape index (κ2) is 5.92. The molecular formula is C13H17NO2. The lowest BCUT2D eigenvalue weighted by Crippen LogP contribution is -2.16. The summed E-state index contributed by atoms with van der Waals surface area (Å²) < 4.78 is 10.4. The van der Waals surface area contributed by atoms with Gasteiger partial charge in [0.15, 0.2) is 0 Å². The molecule has 3 heteroatoms. The largest absolute Gasteiger partial charge is 0.497 e. The van der Waals surface area contributed by atoms with Crippen LogP contribution in [0.15, 0.2) is 18.2 Å². The Bertz CT molecular complexity index is 382. The van der Waals surface area contributed by atoms with Gasteiger partial charge in [0.05, 0.1) is 25.9 Å². The van der Waals surface area contributed by atoms with Gasteiger partial charge in [-0.1, -0.05) is 12.8 Å². The van der Waals surface area contributed by atoms with Crippen LogP contribution >= 0.6 is 0 Å². The van der Waals surface area contributed by atoms with Gasteiger partial charge < -0.3 is 14.8 Å². The number of hydrogen-bond donors (Lipinski definition) is 1. The average molecular weight is 219 g/mol. The number of rotatable bonds is 5. The van der Waals surface area contributed by atoms with Crippen LogP contribution < -0.4 is 14.8 Å². The molecule has 1 N–H and O–H groups in total. The zero-order chi connectivity index (χ0) is 12.0. The summed E-state index contributed by atoms with van der Waals surface area (Å²) in [6, 6.07) is 5.61. The van der Waals surface area contributed by atoms with Crippen molar-refractivity contribution in [1.82, 2.24) is 0 Å². The summed E-state index contributed by atoms with van der Waals surface area (Å²) >= 11 is 0. The van der Waals surface area contributed by atoms with Gasteiger partial charge >= 0.3 is 0 Å². The van der Waals surface area contributed by atoms with E-state index in [1.807, 2.05) is 25.1 Å². The highest BCUT2D eigenvalue weighted by Gasteiger charge is 2.08. The van der Waals surface area contributed by atoms with Crippen LogP contribution in [0.5, 0.6) is 11.5 Å². The molecule has 0 bridgehead atoms. The van der Waals surface area contributed by atoms with Crippen LogP contribution in [0.3, 0.4) is 0 Å². The first-order valence-corrected chi connectivity index (χ1v) is 5.19. The Hall–Kier alpha value is -1.82. The molecule has 0 radical (unpaired) electrons. The molecule has 0 spiro atoms. The number of benzene rings is 1. The summed E-state index contributed by atoms with van der Waals surface area (Å²) in [5.41, 5.74) is 0.883. The topological polar surface area (TPSA) is 30.5 Å². The van der Waals surface area contributed by atoms with Gasteiger partial charge in [-0.25, -0.2) is 0 Å². The van der Waals surface area contributed by atoms with E-state index >= 15 is 0 Å². The Kier molecular flexibility index (Phi) is 4.53. The molecule has 0 saturated heterocycles. The Balaban J connectivity index is 2.91. The minimum absolute atomic E-state index is 0.0160. The third-order valence-corrected chi connectivity index (χ3v) is 2.35. The highest BCUT2D eigenvalue weighted by molar-refractivity contribution is 5.60. The molecule has 1 unspecified atom stereocenters. The van der Waals surface area contributed by atoms with E-state index in [2.05, 4.69) is 11.2 Å². The highest BCUT2D eigenvalue weighted by atomic mass is 16.5. The van der Waals surface area contributed by atoms with Gasteiger partial charge in [0, 0.05) is 6.07 Å². The van der Waals surface area contributed by atoms with E-state index in [4.69, 9.17) is 15.9 Å². The number of anilines is 1. The molecule has 0 aliphatic rings. The van der Waals surface area contributed by atoms with Crippen LogP contribution in [-0.4, -0.2) is 20.3 Å². The number of nitrogens with one attached hydrogen (secondary N) is 1. The second-order valence-electron chi connectivity index (χ2n) is 3.34. The standard InChI is InChI=1S/C13H17NO2/c1-5-10(6-2)14-12-8-7-11(15-3)9-13(12)16-4/h1,7-10,14H,6H2,2-4H3. The average Bonchev–Trinajstić information content (AvgIpc) is 2.35. The smallest absolute Gasteiger partial charge is 0.145 e. The van der Waals surface area contributed by atoms with Crippen LogP contribution in [0.4, 0.5) is 5.69 Å². The normalized spacial score (nSPS) is 11.4. The van der Waals surface area contributed by atoms with Crippen molar-refractivity contribution in [3.05, 3.63) is 18.2 Å². The van der Waals surface area contributed by atoms with Gasteiger partial charge in [-0.05, 0) is 18.6 Å². The van der Waals surface area contributed by atoms with Gasteiger partial charge in [-0.2, -0.15) is 0 Å². The van der Waals surface area contributed by atoms with E-state index in [1.165, 1.54) is 0 Å². The van der Waals surface area contributed by atoms with Crippen LogP contribution in [0.25, 0.3) is 0 Å². The summed E-state index contributed by atoms with van der Waals surface area (Å²) in [5.74, 6) is 4.17. The fraction of sp³-hybridized carbons (Fsp3) is 0.385. The van der Waals surface area contributed by atoms with Crippen LogP contribution in [0, 0.1) is 12.3 Å². The van der Waals surface area contributed by atoms with Crippen LogP contribution in [0.2, 0.25) is 0 Å². The number of hydrogen-bond acceptors (Lipinski definition) is 3. The summed E-state index contributed by atoms with van der Waals surface area (Å²) in [7, 11) is 3.24. The van der Waals surface area contributed by atoms with Gasteiger partial charge in [0.2, 0.25) is 0 Å². The van der Waals surface area contributed by atoms with Crippen molar-refractivity contribution >= 4 is 5.69 Å². The molecule has 86 valence electrons. The molecule has 1 aromatic carbocycles. The molecule has 0 aliphatic carbocycles. The van der Waals surface area contributed by atoms with Crippen molar-refractivity contribution < 1.29 is 9.47 Å². The van der Waals surface area contributed by atoms with Crippen molar-refractivity contribution in [1.29, 1.82) is 0 Å². The Morgan fingerprint density at radius 3 is 2.62 bits per heavy atom. The maximum Gasteiger partial charge on any atom is 0.145 e. The van der Waals surface area contributed by atoms with E-state index in [0.717, 1.165) is 23.6 Å². The number of terminal acetylenes is 1. The quantitative estimate of drug-likeness (QED) is 0.772. The molecule has 3 nitrogen and oxygen atoms in total. The molecular weight excluding hydrogens is 202 g/mol. The lowest BCUT2D eigenvalue weighted by Gasteiger charge is -2.16. The lowest BCUT2D eigenvalue weighted by atomic mass is 10.2. The van der Waals surface area contributed by atoms with Crippen LogP contribution in [-0.2, 0) is 0 Å². The highest BCUT2D eigenvalue weighted by Crippen LogP contribution is 2.29. The third-order valence-electron chi connectivity index (χ3n) is 2.35. The summed E-state index contributed by atoms with van der Waals surface area (Å²) in [5, 5.41) is 3.23. The summed E-state index contributed by atoms with van der Waals surface area (Å²) in [6.07, 6.45) is 6.27. The van der Waals surface area contributed by atoms with Crippen molar-refractivity contribution in [3.8, 4) is 23.8 Å². The van der Waals surface area contributed by atoms with E-state index < -0.39 is 0 Å². The van der Waals surface area contributed by atoms with Crippen molar-refractivity contribution in [3.63, 3.8) is 0 Å². The van der Waals surface area contributed by atoms with E-state index in [9.17, 15) is 0 Å². The van der Waals surface area contributed by atoms with Gasteiger partial charge in [-0.15, -0.1) is 6.42 Å². The minimum atomic E-state index is 0.0160. The SMILES string of the molecule is C#CC(CC)Nc1ccc(OC)cc1OC. The second-order valence-corrected chi connectivity index (χ2v) is 3.34. The van der Waals surface area contributed by atoms with Crippen molar-refractivity contribution in [2.45, 2.75) is 19.4 Å². The molecule has 0 saturated carbocycles. The molecule has 1 rings (SSSR count). The predicted molar refractivity (Wildman–Crippen MR) is 66.1 cm³/mol. The summed E-state index contributed by atoms with van der Waals surface area (Å²) in [6.45, 7) is 2.04. The number of ether oxygens (including phenoxy) is 2. The molecule has 1 atom stereocenters. The molecule has 0 heterocycles. The van der Waals surface area contributed by atoms with Crippen molar-refractivity contribution in [2.75, 3.05) is 19.5 Å². The first kappa shape index (κ1) is 12.3. The fourth-order valence-corrected chi connectivity index (χ4v) is 1.37. The zero-order valence-corrected chi connectivity index (χ0v) is 9.91. The molecule has 16 heavy (non-hydrogen) atoms. The van der Waals surface area contributed by atoms with Crippen molar-refractivity contribution in [2.24, 2.45) is 0 Å². The molecule has 0 aliphatic heterocycles. The Morgan fingerprint density at radius 2 is 2.12 bits per heavy atom. The monoisotopic (exact) mass is 219 g/mol. The van der Waals surface area contributed by atoms with E-state index in [1.54, 1.807) is 14.2 Å². The number of methoxy groups -OCH3 is 2. The molecule has 0 aromatic heterocycles. The zero-order valence-electron chi connectivity index (χ0n) is 9.91. The first-order valence-electron chi connectivity index (χ1n) is 5.19. The molecule has 1 aromatic rings.